The summed E-state index contributed by atoms with van der Waals surface area (Å²) >= 11 is 0. The summed E-state index contributed by atoms with van der Waals surface area (Å²) in [7, 11) is 0. The van der Waals surface area contributed by atoms with E-state index in [0.29, 0.717) is 11.9 Å². The lowest BCUT2D eigenvalue weighted by Gasteiger charge is -2.25. The van der Waals surface area contributed by atoms with Gasteiger partial charge in [0.15, 0.2) is 0 Å². The van der Waals surface area contributed by atoms with E-state index >= 15 is 0 Å². The molecule has 1 unspecified atom stereocenters. The van der Waals surface area contributed by atoms with Crippen LogP contribution in [0.1, 0.15) is 31.2 Å². The first-order valence-electron chi connectivity index (χ1n) is 8.08. The van der Waals surface area contributed by atoms with Crippen molar-refractivity contribution >= 4 is 12.0 Å². The Balaban J connectivity index is 1.53. The molecule has 3 nitrogen and oxygen atoms in total. The topological polar surface area (TPSA) is 23.6 Å². The van der Waals surface area contributed by atoms with Crippen molar-refractivity contribution in [3.63, 3.8) is 0 Å². The van der Waals surface area contributed by atoms with Crippen molar-refractivity contribution in [3.05, 3.63) is 42.0 Å². The average Bonchev–Trinajstić information content (AvgIpc) is 3.13. The summed E-state index contributed by atoms with van der Waals surface area (Å²) < 4.78 is 0. The SMILES string of the molecule is O=C1CCCN1CCN1CCCC1C=Cc1ccccc1. The standard InChI is InChI=1S/C18H24N2O/c21-18-9-5-13-20(18)15-14-19-12-4-8-17(19)11-10-16-6-2-1-3-7-16/h1-3,6-7,10-11,17H,4-5,8-9,12-15H2. The predicted octanol–water partition coefficient (Wildman–Crippen LogP) is 2.79. The Morgan fingerprint density at radius 1 is 1.10 bits per heavy atom. The van der Waals surface area contributed by atoms with Crippen LogP contribution in [0.15, 0.2) is 36.4 Å². The van der Waals surface area contributed by atoms with E-state index in [-0.39, 0.29) is 0 Å². The van der Waals surface area contributed by atoms with E-state index in [1.807, 2.05) is 11.0 Å². The molecule has 0 bridgehead atoms. The van der Waals surface area contributed by atoms with Gasteiger partial charge in [-0.2, -0.15) is 0 Å². The zero-order chi connectivity index (χ0) is 14.5. The van der Waals surface area contributed by atoms with Gasteiger partial charge in [0.05, 0.1) is 0 Å². The van der Waals surface area contributed by atoms with Gasteiger partial charge in [0.2, 0.25) is 5.91 Å². The molecule has 21 heavy (non-hydrogen) atoms. The van der Waals surface area contributed by atoms with E-state index in [9.17, 15) is 4.79 Å². The molecule has 3 heteroatoms. The maximum absolute atomic E-state index is 11.7. The molecule has 3 rings (SSSR count). The van der Waals surface area contributed by atoms with E-state index in [0.717, 1.165) is 39.0 Å². The first kappa shape index (κ1) is 14.3. The lowest BCUT2D eigenvalue weighted by molar-refractivity contribution is -0.127. The number of likely N-dealkylation sites (tertiary alicyclic amines) is 2. The molecule has 2 saturated heterocycles. The second-order valence-electron chi connectivity index (χ2n) is 6.00. The molecule has 1 aromatic rings. The number of hydrogen-bond donors (Lipinski definition) is 0. The monoisotopic (exact) mass is 284 g/mol. The van der Waals surface area contributed by atoms with Crippen LogP contribution < -0.4 is 0 Å². The highest BCUT2D eigenvalue weighted by atomic mass is 16.2. The Labute approximate surface area is 127 Å². The Morgan fingerprint density at radius 3 is 2.71 bits per heavy atom. The maximum atomic E-state index is 11.7. The van der Waals surface area contributed by atoms with Crippen LogP contribution in [0, 0.1) is 0 Å². The van der Waals surface area contributed by atoms with Crippen molar-refractivity contribution in [2.45, 2.75) is 31.7 Å². The van der Waals surface area contributed by atoms with Crippen LogP contribution in [-0.2, 0) is 4.79 Å². The number of carbonyl (C=O) groups excluding carboxylic acids is 1. The number of benzene rings is 1. The molecular formula is C18H24N2O. The minimum Gasteiger partial charge on any atom is -0.341 e. The Hall–Kier alpha value is -1.61. The third-order valence-corrected chi connectivity index (χ3v) is 4.55. The van der Waals surface area contributed by atoms with Gasteiger partial charge in [-0.25, -0.2) is 0 Å². The Morgan fingerprint density at radius 2 is 1.95 bits per heavy atom. The van der Waals surface area contributed by atoms with Crippen LogP contribution in [0.25, 0.3) is 6.08 Å². The highest BCUT2D eigenvalue weighted by Crippen LogP contribution is 2.20. The zero-order valence-electron chi connectivity index (χ0n) is 12.6. The quantitative estimate of drug-likeness (QED) is 0.830. The molecular weight excluding hydrogens is 260 g/mol. The molecule has 0 aromatic heterocycles. The van der Waals surface area contributed by atoms with Gasteiger partial charge in [0.1, 0.15) is 0 Å². The Kier molecular flexibility index (Phi) is 4.71. The van der Waals surface area contributed by atoms with Gasteiger partial charge in [-0.05, 0) is 31.4 Å². The molecule has 2 aliphatic heterocycles. The van der Waals surface area contributed by atoms with Gasteiger partial charge >= 0.3 is 0 Å². The van der Waals surface area contributed by atoms with Crippen LogP contribution in [0.2, 0.25) is 0 Å². The van der Waals surface area contributed by atoms with Crippen molar-refractivity contribution < 1.29 is 4.79 Å². The second-order valence-corrected chi connectivity index (χ2v) is 6.00. The smallest absolute Gasteiger partial charge is 0.222 e. The van der Waals surface area contributed by atoms with E-state index in [2.05, 4.69) is 41.3 Å². The molecule has 2 fully saturated rings. The summed E-state index contributed by atoms with van der Waals surface area (Å²) in [5.74, 6) is 0.338. The summed E-state index contributed by atoms with van der Waals surface area (Å²) in [6, 6.07) is 11.0. The number of carbonyl (C=O) groups is 1. The minimum atomic E-state index is 0.338. The van der Waals surface area contributed by atoms with Gasteiger partial charge in [0, 0.05) is 32.1 Å². The van der Waals surface area contributed by atoms with Gasteiger partial charge in [-0.1, -0.05) is 42.5 Å². The third kappa shape index (κ3) is 3.73. The van der Waals surface area contributed by atoms with E-state index < -0.39 is 0 Å². The van der Waals surface area contributed by atoms with Crippen molar-refractivity contribution in [2.24, 2.45) is 0 Å². The van der Waals surface area contributed by atoms with Crippen molar-refractivity contribution in [3.8, 4) is 0 Å². The lowest BCUT2D eigenvalue weighted by atomic mass is 10.1. The zero-order valence-corrected chi connectivity index (χ0v) is 12.6. The minimum absolute atomic E-state index is 0.338. The molecule has 0 spiro atoms. The fraction of sp³-hybridized carbons (Fsp3) is 0.500. The highest BCUT2D eigenvalue weighted by Gasteiger charge is 2.25. The number of rotatable bonds is 5. The molecule has 2 heterocycles. The predicted molar refractivity (Wildman–Crippen MR) is 85.9 cm³/mol. The summed E-state index contributed by atoms with van der Waals surface area (Å²) in [5, 5.41) is 0. The van der Waals surface area contributed by atoms with Gasteiger partial charge in [-0.15, -0.1) is 0 Å². The van der Waals surface area contributed by atoms with Gasteiger partial charge in [-0.3, -0.25) is 9.69 Å². The normalized spacial score (nSPS) is 23.5. The Bertz CT molecular complexity index is 497. The largest absolute Gasteiger partial charge is 0.341 e. The molecule has 1 amide bonds. The van der Waals surface area contributed by atoms with Crippen molar-refractivity contribution in [2.75, 3.05) is 26.2 Å². The second kappa shape index (κ2) is 6.90. The molecule has 112 valence electrons. The first-order valence-corrected chi connectivity index (χ1v) is 8.08. The van der Waals surface area contributed by atoms with Crippen LogP contribution >= 0.6 is 0 Å². The van der Waals surface area contributed by atoms with Crippen LogP contribution in [-0.4, -0.2) is 47.9 Å². The molecule has 2 aliphatic rings. The fourth-order valence-corrected chi connectivity index (χ4v) is 3.32. The summed E-state index contributed by atoms with van der Waals surface area (Å²) in [6.45, 7) is 4.02. The van der Waals surface area contributed by atoms with Crippen LogP contribution in [0.3, 0.4) is 0 Å². The fourth-order valence-electron chi connectivity index (χ4n) is 3.32. The maximum Gasteiger partial charge on any atom is 0.222 e. The molecule has 1 atom stereocenters. The van der Waals surface area contributed by atoms with E-state index in [1.54, 1.807) is 0 Å². The molecule has 0 aliphatic carbocycles. The van der Waals surface area contributed by atoms with Gasteiger partial charge < -0.3 is 4.90 Å². The summed E-state index contributed by atoms with van der Waals surface area (Å²) in [4.78, 5) is 16.2. The molecule has 0 saturated carbocycles. The average molecular weight is 284 g/mol. The third-order valence-electron chi connectivity index (χ3n) is 4.55. The van der Waals surface area contributed by atoms with Crippen LogP contribution in [0.5, 0.6) is 0 Å². The molecule has 0 N–H and O–H groups in total. The van der Waals surface area contributed by atoms with E-state index in [4.69, 9.17) is 0 Å². The van der Waals surface area contributed by atoms with Gasteiger partial charge in [0.25, 0.3) is 0 Å². The highest BCUT2D eigenvalue weighted by molar-refractivity contribution is 5.78. The molecule has 1 aromatic carbocycles. The van der Waals surface area contributed by atoms with Crippen molar-refractivity contribution in [1.29, 1.82) is 0 Å². The lowest BCUT2D eigenvalue weighted by Crippen LogP contribution is -2.37. The number of amides is 1. The van der Waals surface area contributed by atoms with Crippen molar-refractivity contribution in [1.82, 2.24) is 9.80 Å². The number of nitrogens with zero attached hydrogens (tertiary/aromatic N) is 2. The first-order chi connectivity index (χ1) is 10.3. The summed E-state index contributed by atoms with van der Waals surface area (Å²) in [6.07, 6.45) is 8.83. The number of hydrogen-bond acceptors (Lipinski definition) is 2. The van der Waals surface area contributed by atoms with Crippen LogP contribution in [0.4, 0.5) is 0 Å². The van der Waals surface area contributed by atoms with E-state index in [1.165, 1.54) is 18.4 Å². The molecule has 0 radical (unpaired) electrons. The summed E-state index contributed by atoms with van der Waals surface area (Å²) in [5.41, 5.74) is 1.26.